The zero-order valence-corrected chi connectivity index (χ0v) is 16.2. The van der Waals surface area contributed by atoms with Crippen LogP contribution in [-0.2, 0) is 4.74 Å². The van der Waals surface area contributed by atoms with E-state index in [0.717, 1.165) is 45.0 Å². The van der Waals surface area contributed by atoms with Crippen molar-refractivity contribution in [2.24, 2.45) is 5.41 Å². The van der Waals surface area contributed by atoms with Gasteiger partial charge in [0.1, 0.15) is 0 Å². The smallest absolute Gasteiger partial charge is 0.0541 e. The van der Waals surface area contributed by atoms with Crippen LogP contribution in [0.2, 0.25) is 0 Å². The average molecular weight is 354 g/mol. The van der Waals surface area contributed by atoms with Crippen molar-refractivity contribution < 1.29 is 4.74 Å². The number of ether oxygens (including phenoxy) is 1. The molecule has 0 unspecified atom stereocenters. The van der Waals surface area contributed by atoms with Gasteiger partial charge < -0.3 is 15.0 Å². The highest BCUT2D eigenvalue weighted by Crippen LogP contribution is 2.42. The zero-order valence-electron chi connectivity index (χ0n) is 16.2. The number of benzene rings is 1. The highest BCUT2D eigenvalue weighted by Gasteiger charge is 2.43. The van der Waals surface area contributed by atoms with Gasteiger partial charge in [-0.15, -0.1) is 0 Å². The summed E-state index contributed by atoms with van der Waals surface area (Å²) in [7, 11) is 2.19. The maximum absolute atomic E-state index is 5.93. The fourth-order valence-corrected chi connectivity index (χ4v) is 4.10. The Kier molecular flexibility index (Phi) is 6.28. The first-order chi connectivity index (χ1) is 12.6. The Bertz CT molecular complexity index is 666. The van der Waals surface area contributed by atoms with Crippen LogP contribution in [-0.4, -0.2) is 44.9 Å². The van der Waals surface area contributed by atoms with E-state index in [4.69, 9.17) is 4.74 Å². The summed E-state index contributed by atoms with van der Waals surface area (Å²) in [5.41, 5.74) is 3.74. The molecule has 1 saturated heterocycles. The lowest BCUT2D eigenvalue weighted by atomic mass is 9.71. The number of aromatic nitrogens is 1. The lowest BCUT2D eigenvalue weighted by Crippen LogP contribution is -2.43. The van der Waals surface area contributed by atoms with Crippen molar-refractivity contribution in [3.63, 3.8) is 0 Å². The van der Waals surface area contributed by atoms with Crippen molar-refractivity contribution in [1.82, 2.24) is 10.3 Å². The van der Waals surface area contributed by atoms with Crippen molar-refractivity contribution in [3.05, 3.63) is 59.9 Å². The number of nitrogens with zero attached hydrogens (tertiary/aromatic N) is 2. The van der Waals surface area contributed by atoms with E-state index in [1.54, 1.807) is 0 Å². The van der Waals surface area contributed by atoms with Gasteiger partial charge in [-0.2, -0.15) is 0 Å². The van der Waals surface area contributed by atoms with Gasteiger partial charge in [0, 0.05) is 55.7 Å². The van der Waals surface area contributed by atoms with E-state index < -0.39 is 0 Å². The number of para-hydroxylation sites is 1. The molecule has 1 aliphatic rings. The summed E-state index contributed by atoms with van der Waals surface area (Å²) < 4.78 is 5.93. The van der Waals surface area contributed by atoms with Crippen LogP contribution < -0.4 is 10.2 Å². The third-order valence-electron chi connectivity index (χ3n) is 5.59. The summed E-state index contributed by atoms with van der Waals surface area (Å²) in [6, 6.07) is 15.0. The Balaban J connectivity index is 1.89. The summed E-state index contributed by atoms with van der Waals surface area (Å²) in [4.78, 5) is 6.94. The lowest BCUT2D eigenvalue weighted by molar-refractivity contribution is 0.0870. The minimum Gasteiger partial charge on any atom is -0.381 e. The monoisotopic (exact) mass is 353 g/mol. The molecule has 0 bridgehead atoms. The van der Waals surface area contributed by atoms with E-state index in [0.29, 0.717) is 5.92 Å². The van der Waals surface area contributed by atoms with Crippen LogP contribution in [0.5, 0.6) is 0 Å². The first-order valence-corrected chi connectivity index (χ1v) is 9.62. The summed E-state index contributed by atoms with van der Waals surface area (Å²) >= 11 is 0. The summed E-state index contributed by atoms with van der Waals surface area (Å²) in [6.45, 7) is 8.66. The predicted molar refractivity (Wildman–Crippen MR) is 108 cm³/mol. The SMILES string of the molecule is CCOC[C@@H](c1ccc(C)nc1)[C@]1(CN(C)c2ccccc2)CCNC1. The van der Waals surface area contributed by atoms with Gasteiger partial charge in [0.15, 0.2) is 0 Å². The fourth-order valence-electron chi connectivity index (χ4n) is 4.10. The summed E-state index contributed by atoms with van der Waals surface area (Å²) in [6.07, 6.45) is 3.19. The molecular weight excluding hydrogens is 322 g/mol. The first-order valence-electron chi connectivity index (χ1n) is 9.62. The van der Waals surface area contributed by atoms with Gasteiger partial charge >= 0.3 is 0 Å². The molecule has 4 nitrogen and oxygen atoms in total. The third-order valence-corrected chi connectivity index (χ3v) is 5.59. The number of hydrogen-bond acceptors (Lipinski definition) is 4. The standard InChI is InChI=1S/C22H31N3O/c1-4-26-15-21(19-11-10-18(2)24-14-19)22(12-13-23-16-22)17-25(3)20-8-6-5-7-9-20/h5-11,14,21,23H,4,12-13,15-17H2,1-3H3/t21-,22+/m0/s1. The summed E-state index contributed by atoms with van der Waals surface area (Å²) in [5, 5.41) is 3.61. The molecule has 4 heteroatoms. The fraction of sp³-hybridized carbons (Fsp3) is 0.500. The average Bonchev–Trinajstić information content (AvgIpc) is 3.13. The van der Waals surface area contributed by atoms with E-state index in [1.807, 2.05) is 13.1 Å². The largest absolute Gasteiger partial charge is 0.381 e. The maximum atomic E-state index is 5.93. The minimum atomic E-state index is 0.136. The molecule has 3 rings (SSSR count). The molecule has 1 aliphatic heterocycles. The van der Waals surface area contributed by atoms with E-state index in [1.165, 1.54) is 11.3 Å². The molecule has 1 aromatic heterocycles. The van der Waals surface area contributed by atoms with Gasteiger partial charge in [-0.1, -0.05) is 24.3 Å². The van der Waals surface area contributed by atoms with Crippen molar-refractivity contribution in [1.29, 1.82) is 0 Å². The van der Waals surface area contributed by atoms with Gasteiger partial charge in [0.2, 0.25) is 0 Å². The van der Waals surface area contributed by atoms with E-state index in [9.17, 15) is 0 Å². The highest BCUT2D eigenvalue weighted by atomic mass is 16.5. The normalized spacial score (nSPS) is 20.9. The van der Waals surface area contributed by atoms with E-state index in [2.05, 4.69) is 71.6 Å². The molecule has 0 aliphatic carbocycles. The van der Waals surface area contributed by atoms with Gasteiger partial charge in [0.05, 0.1) is 6.61 Å². The Hall–Kier alpha value is -1.91. The number of nitrogens with one attached hydrogen (secondary N) is 1. The molecule has 2 atom stereocenters. The van der Waals surface area contributed by atoms with E-state index >= 15 is 0 Å². The van der Waals surface area contributed by atoms with Gasteiger partial charge in [0.25, 0.3) is 0 Å². The lowest BCUT2D eigenvalue weighted by Gasteiger charge is -2.40. The molecule has 1 fully saturated rings. The van der Waals surface area contributed by atoms with Gasteiger partial charge in [-0.25, -0.2) is 0 Å². The summed E-state index contributed by atoms with van der Waals surface area (Å²) in [5.74, 6) is 0.330. The zero-order chi connectivity index (χ0) is 18.4. The van der Waals surface area contributed by atoms with Gasteiger partial charge in [-0.3, -0.25) is 4.98 Å². The number of anilines is 1. The minimum absolute atomic E-state index is 0.136. The number of hydrogen-bond donors (Lipinski definition) is 1. The molecule has 26 heavy (non-hydrogen) atoms. The van der Waals surface area contributed by atoms with Crippen molar-refractivity contribution >= 4 is 5.69 Å². The first kappa shape index (κ1) is 18.9. The Morgan fingerprint density at radius 2 is 2.04 bits per heavy atom. The van der Waals surface area contributed by atoms with Crippen molar-refractivity contribution in [2.45, 2.75) is 26.2 Å². The number of rotatable bonds is 8. The molecule has 0 radical (unpaired) electrons. The van der Waals surface area contributed by atoms with Crippen LogP contribution in [0.4, 0.5) is 5.69 Å². The molecule has 2 heterocycles. The Labute approximate surface area is 157 Å². The van der Waals surface area contributed by atoms with Crippen LogP contribution in [0.1, 0.15) is 30.5 Å². The van der Waals surface area contributed by atoms with Gasteiger partial charge in [-0.05, 0) is 50.6 Å². The second-order valence-electron chi connectivity index (χ2n) is 7.43. The molecule has 1 aromatic carbocycles. The van der Waals surface area contributed by atoms with Crippen LogP contribution >= 0.6 is 0 Å². The molecule has 0 amide bonds. The Morgan fingerprint density at radius 1 is 1.23 bits per heavy atom. The van der Waals surface area contributed by atoms with Crippen LogP contribution in [0, 0.1) is 12.3 Å². The van der Waals surface area contributed by atoms with Crippen LogP contribution in [0.3, 0.4) is 0 Å². The quantitative estimate of drug-likeness (QED) is 0.786. The molecule has 0 saturated carbocycles. The molecule has 1 N–H and O–H groups in total. The Morgan fingerprint density at radius 3 is 2.65 bits per heavy atom. The van der Waals surface area contributed by atoms with Crippen LogP contribution in [0.25, 0.3) is 0 Å². The second kappa shape index (κ2) is 8.65. The molecule has 0 spiro atoms. The number of aryl methyl sites for hydroxylation is 1. The topological polar surface area (TPSA) is 37.4 Å². The predicted octanol–water partition coefficient (Wildman–Crippen LogP) is 3.63. The molecular formula is C22H31N3O. The van der Waals surface area contributed by atoms with E-state index in [-0.39, 0.29) is 5.41 Å². The molecule has 2 aromatic rings. The van der Waals surface area contributed by atoms with Crippen LogP contribution in [0.15, 0.2) is 48.7 Å². The van der Waals surface area contributed by atoms with Crippen molar-refractivity contribution in [3.8, 4) is 0 Å². The number of pyridine rings is 1. The second-order valence-corrected chi connectivity index (χ2v) is 7.43. The van der Waals surface area contributed by atoms with Crippen molar-refractivity contribution in [2.75, 3.05) is 44.8 Å². The molecule has 140 valence electrons. The highest BCUT2D eigenvalue weighted by molar-refractivity contribution is 5.45. The third kappa shape index (κ3) is 4.25. The maximum Gasteiger partial charge on any atom is 0.0541 e.